The first-order valence-corrected chi connectivity index (χ1v) is 15.3. The second-order valence-electron chi connectivity index (χ2n) is 12.2. The third-order valence-corrected chi connectivity index (χ3v) is 8.76. The lowest BCUT2D eigenvalue weighted by atomic mass is 10.0. The van der Waals surface area contributed by atoms with Crippen molar-refractivity contribution in [3.05, 3.63) is 88.1 Å². The number of hydrogen-bond donors (Lipinski definition) is 0. The zero-order valence-corrected chi connectivity index (χ0v) is 26.1. The predicted molar refractivity (Wildman–Crippen MR) is 171 cm³/mol. The number of anilines is 1. The zero-order chi connectivity index (χ0) is 32.0. The number of nitrogens with zero attached hydrogens (tertiary/aromatic N) is 7. The highest BCUT2D eigenvalue weighted by Gasteiger charge is 2.31. The van der Waals surface area contributed by atoms with Gasteiger partial charge in [-0.05, 0) is 74.7 Å². The summed E-state index contributed by atoms with van der Waals surface area (Å²) in [5.74, 6) is -1.26. The number of halogens is 2. The van der Waals surface area contributed by atoms with Crippen LogP contribution in [0.5, 0.6) is 0 Å². The molecule has 4 aromatic rings. The van der Waals surface area contributed by atoms with Crippen LogP contribution in [0.4, 0.5) is 14.6 Å². The predicted octanol–water partition coefficient (Wildman–Crippen LogP) is 4.85. The van der Waals surface area contributed by atoms with E-state index in [4.69, 9.17) is 4.98 Å². The van der Waals surface area contributed by atoms with Crippen LogP contribution < -0.4 is 10.6 Å². The van der Waals surface area contributed by atoms with Gasteiger partial charge in [0.15, 0.2) is 5.65 Å². The number of pyridine rings is 2. The number of carbonyl (C=O) groups is 1. The molecule has 0 aliphatic carbocycles. The quantitative estimate of drug-likeness (QED) is 0.306. The molecule has 5 heterocycles. The fourth-order valence-corrected chi connectivity index (χ4v) is 6.57. The van der Waals surface area contributed by atoms with E-state index in [0.29, 0.717) is 61.5 Å². The lowest BCUT2D eigenvalue weighted by molar-refractivity contribution is -0.126. The monoisotopic (exact) mass is 613 g/mol. The summed E-state index contributed by atoms with van der Waals surface area (Å²) >= 11 is 0. The zero-order valence-electron chi connectivity index (χ0n) is 26.1. The molecule has 234 valence electrons. The fraction of sp³-hybridized carbons (Fsp3) is 0.382. The number of aryl methyl sites for hydroxylation is 1. The van der Waals surface area contributed by atoms with E-state index in [0.717, 1.165) is 12.0 Å². The van der Waals surface area contributed by atoms with Gasteiger partial charge in [0.05, 0.1) is 16.8 Å². The third kappa shape index (κ3) is 5.50. The summed E-state index contributed by atoms with van der Waals surface area (Å²) in [6, 6.07) is 7.69. The maximum absolute atomic E-state index is 16.3. The molecule has 2 bridgehead atoms. The van der Waals surface area contributed by atoms with Gasteiger partial charge in [0.1, 0.15) is 23.1 Å². The van der Waals surface area contributed by atoms with E-state index < -0.39 is 17.3 Å². The van der Waals surface area contributed by atoms with Crippen LogP contribution in [0.2, 0.25) is 0 Å². The van der Waals surface area contributed by atoms with Gasteiger partial charge in [-0.2, -0.15) is 4.98 Å². The van der Waals surface area contributed by atoms with Crippen LogP contribution in [0.15, 0.2) is 54.0 Å². The number of aromatic nitrogens is 4. The number of piperazine rings is 1. The van der Waals surface area contributed by atoms with Crippen LogP contribution in [-0.2, 0) is 17.8 Å². The number of benzene rings is 1. The van der Waals surface area contributed by atoms with E-state index in [9.17, 15) is 9.59 Å². The molecule has 1 fully saturated rings. The van der Waals surface area contributed by atoms with E-state index >= 15 is 8.78 Å². The molecule has 11 heteroatoms. The molecule has 0 N–H and O–H groups in total. The first-order valence-electron chi connectivity index (χ1n) is 15.3. The summed E-state index contributed by atoms with van der Waals surface area (Å²) in [5.41, 5.74) is 2.27. The summed E-state index contributed by atoms with van der Waals surface area (Å²) in [5, 5.41) is 0.320. The van der Waals surface area contributed by atoms with E-state index in [2.05, 4.69) is 21.4 Å². The minimum Gasteiger partial charge on any atom is -0.350 e. The summed E-state index contributed by atoms with van der Waals surface area (Å²) in [7, 11) is 1.95. The number of hydrogen-bond acceptors (Lipinski definition) is 7. The van der Waals surface area contributed by atoms with Crippen LogP contribution in [0, 0.1) is 11.6 Å². The standard InChI is InChI=1S/C34H37F2N7O2/c1-6-27(44)41-15-16-42(21(4)18-41)32-24-17-26(36)30-28-23(9-7-11-25(28)35)19-40(5)14-8-10-22-12-13-37-29(20(2)3)31(22)43(33(24)38-30)34(45)39-32/h6-7,9,11-13,17,20-21H,1,8,10,14-16,18-19H2,2-5H3/t21-/m0/s1. The van der Waals surface area contributed by atoms with Crippen molar-refractivity contribution in [3.63, 3.8) is 0 Å². The molecule has 9 nitrogen and oxygen atoms in total. The number of amides is 1. The summed E-state index contributed by atoms with van der Waals surface area (Å²) in [4.78, 5) is 46.3. The molecule has 1 aromatic carbocycles. The lowest BCUT2D eigenvalue weighted by Gasteiger charge is -2.40. The summed E-state index contributed by atoms with van der Waals surface area (Å²) < 4.78 is 33.4. The molecule has 0 radical (unpaired) electrons. The smallest absolute Gasteiger partial charge is 0.350 e. The molecule has 2 aliphatic heterocycles. The highest BCUT2D eigenvalue weighted by molar-refractivity contribution is 5.91. The van der Waals surface area contributed by atoms with Gasteiger partial charge in [-0.15, -0.1) is 0 Å². The molecule has 3 aromatic heterocycles. The highest BCUT2D eigenvalue weighted by atomic mass is 19.1. The SMILES string of the molecule is C=CC(=O)N1CCN(c2nc(=O)n3c4nc(c(F)cc24)-c2c(F)cccc2CN(C)CCCc2ccnc(C(C)C)c2-3)[C@@H](C)C1. The van der Waals surface area contributed by atoms with Gasteiger partial charge in [-0.1, -0.05) is 32.6 Å². The van der Waals surface area contributed by atoms with Crippen molar-refractivity contribution in [1.29, 1.82) is 0 Å². The Morgan fingerprint density at radius 2 is 1.89 bits per heavy atom. The Balaban J connectivity index is 1.69. The molecule has 1 amide bonds. The first-order chi connectivity index (χ1) is 21.6. The van der Waals surface area contributed by atoms with Crippen LogP contribution in [0.3, 0.4) is 0 Å². The van der Waals surface area contributed by atoms with Crippen molar-refractivity contribution in [2.75, 3.05) is 38.1 Å². The highest BCUT2D eigenvalue weighted by Crippen LogP contribution is 2.36. The van der Waals surface area contributed by atoms with Crippen LogP contribution in [0.1, 0.15) is 49.9 Å². The number of fused-ring (bicyclic) bond motifs is 5. The molecule has 45 heavy (non-hydrogen) atoms. The average molecular weight is 614 g/mol. The Morgan fingerprint density at radius 3 is 2.62 bits per heavy atom. The van der Waals surface area contributed by atoms with Crippen LogP contribution >= 0.6 is 0 Å². The second kappa shape index (κ2) is 12.1. The molecule has 2 aliphatic rings. The Bertz CT molecular complexity index is 1870. The van der Waals surface area contributed by atoms with Crippen molar-refractivity contribution in [2.45, 2.75) is 52.1 Å². The fourth-order valence-electron chi connectivity index (χ4n) is 6.57. The maximum atomic E-state index is 16.3. The Labute approximate surface area is 260 Å². The molecule has 1 atom stereocenters. The van der Waals surface area contributed by atoms with Gasteiger partial charge in [-0.25, -0.2) is 23.1 Å². The molecule has 0 spiro atoms. The van der Waals surface area contributed by atoms with Crippen LogP contribution in [0.25, 0.3) is 28.0 Å². The van der Waals surface area contributed by atoms with Crippen molar-refractivity contribution >= 4 is 22.8 Å². The van der Waals surface area contributed by atoms with E-state index in [1.165, 1.54) is 22.8 Å². The Morgan fingerprint density at radius 1 is 1.09 bits per heavy atom. The summed E-state index contributed by atoms with van der Waals surface area (Å²) in [6.45, 7) is 11.7. The van der Waals surface area contributed by atoms with E-state index in [1.54, 1.807) is 23.2 Å². The van der Waals surface area contributed by atoms with Gasteiger partial charge >= 0.3 is 5.69 Å². The van der Waals surface area contributed by atoms with Gasteiger partial charge in [0.2, 0.25) is 5.91 Å². The summed E-state index contributed by atoms with van der Waals surface area (Å²) in [6.07, 6.45) is 4.45. The molecule has 6 rings (SSSR count). The Hall–Kier alpha value is -4.51. The van der Waals surface area contributed by atoms with Crippen molar-refractivity contribution in [3.8, 4) is 16.9 Å². The minimum absolute atomic E-state index is 0.0477. The van der Waals surface area contributed by atoms with Crippen molar-refractivity contribution in [2.24, 2.45) is 0 Å². The normalized spacial score (nSPS) is 17.4. The molecular formula is C34H37F2N7O2. The number of rotatable bonds is 3. The largest absolute Gasteiger partial charge is 0.355 e. The molecule has 0 saturated carbocycles. The first kappa shape index (κ1) is 30.5. The molecule has 0 unspecified atom stereocenters. The van der Waals surface area contributed by atoms with Gasteiger partial charge in [0.25, 0.3) is 0 Å². The average Bonchev–Trinajstić information content (AvgIpc) is 3.01. The van der Waals surface area contributed by atoms with Crippen LogP contribution in [-0.4, -0.2) is 74.5 Å². The third-order valence-electron chi connectivity index (χ3n) is 8.76. The van der Waals surface area contributed by atoms with Gasteiger partial charge in [0, 0.05) is 44.0 Å². The van der Waals surface area contributed by atoms with E-state index in [1.807, 2.05) is 38.8 Å². The topological polar surface area (TPSA) is 87.5 Å². The van der Waals surface area contributed by atoms with E-state index in [-0.39, 0.29) is 40.6 Å². The molecule has 1 saturated heterocycles. The van der Waals surface area contributed by atoms with Crippen molar-refractivity contribution in [1.82, 2.24) is 29.3 Å². The van der Waals surface area contributed by atoms with Gasteiger partial charge < -0.3 is 14.7 Å². The molecular weight excluding hydrogens is 576 g/mol. The van der Waals surface area contributed by atoms with Crippen molar-refractivity contribution < 1.29 is 13.6 Å². The lowest BCUT2D eigenvalue weighted by Crippen LogP contribution is -2.54. The minimum atomic E-state index is -0.719. The maximum Gasteiger partial charge on any atom is 0.355 e. The van der Waals surface area contributed by atoms with Gasteiger partial charge in [-0.3, -0.25) is 9.78 Å². The Kier molecular flexibility index (Phi) is 8.22. The number of carbonyl (C=O) groups excluding carboxylic acids is 1. The second-order valence-corrected chi connectivity index (χ2v) is 12.2.